The number of hydrogen-bond donors (Lipinski definition) is 0. The average molecular weight is 139 g/mol. The fraction of sp³-hybridized carbons (Fsp3) is 0.143. The van der Waals surface area contributed by atoms with Crippen molar-refractivity contribution in [1.82, 2.24) is 4.98 Å². The predicted octanol–water partition coefficient (Wildman–Crippen LogP) is 1.34. The Hall–Kier alpha value is -1.25. The molecule has 1 rings (SSSR count). The van der Waals surface area contributed by atoms with Gasteiger partial charge in [0.25, 0.3) is 0 Å². The van der Waals surface area contributed by atoms with E-state index in [2.05, 4.69) is 4.98 Å². The molecule has 1 heterocycles. The summed E-state index contributed by atoms with van der Waals surface area (Å²) < 4.78 is 12.3. The molecule has 0 saturated carbocycles. The molecular weight excluding hydrogens is 133 g/mol. The van der Waals surface area contributed by atoms with Crippen LogP contribution in [0.5, 0.6) is 0 Å². The van der Waals surface area contributed by atoms with Gasteiger partial charge in [0.05, 0.1) is 0 Å². The molecule has 1 aromatic rings. The number of nitrogens with zero attached hydrogens (tertiary/aromatic N) is 1. The minimum absolute atomic E-state index is 0.354. The van der Waals surface area contributed by atoms with E-state index >= 15 is 0 Å². The Morgan fingerprint density at radius 2 is 2.40 bits per heavy atom. The summed E-state index contributed by atoms with van der Waals surface area (Å²) in [6, 6.07) is 1.11. The summed E-state index contributed by atoms with van der Waals surface area (Å²) >= 11 is 0. The third-order valence-corrected chi connectivity index (χ3v) is 1.24. The summed E-state index contributed by atoms with van der Waals surface area (Å²) in [4.78, 5) is 13.5. The van der Waals surface area contributed by atoms with E-state index in [0.29, 0.717) is 17.4 Å². The van der Waals surface area contributed by atoms with Crippen LogP contribution in [0.4, 0.5) is 4.39 Å². The Morgan fingerprint density at radius 3 is 2.90 bits per heavy atom. The van der Waals surface area contributed by atoms with E-state index in [4.69, 9.17) is 0 Å². The Labute approximate surface area is 57.7 Å². The Balaban J connectivity index is 3.21. The lowest BCUT2D eigenvalue weighted by atomic mass is 10.2. The zero-order valence-electron chi connectivity index (χ0n) is 5.47. The van der Waals surface area contributed by atoms with Gasteiger partial charge in [0, 0.05) is 17.8 Å². The highest BCUT2D eigenvalue weighted by Gasteiger charge is 1.97. The molecule has 0 fully saturated rings. The van der Waals surface area contributed by atoms with Gasteiger partial charge in [-0.3, -0.25) is 4.79 Å². The van der Waals surface area contributed by atoms with Gasteiger partial charge >= 0.3 is 0 Å². The van der Waals surface area contributed by atoms with Crippen molar-refractivity contribution < 1.29 is 9.18 Å². The van der Waals surface area contributed by atoms with Crippen LogP contribution in [0.2, 0.25) is 0 Å². The van der Waals surface area contributed by atoms with Crippen LogP contribution in [0.1, 0.15) is 15.9 Å². The largest absolute Gasteiger partial charge is 0.298 e. The predicted molar refractivity (Wildman–Crippen MR) is 34.3 cm³/mol. The highest BCUT2D eigenvalue weighted by Crippen LogP contribution is 2.03. The highest BCUT2D eigenvalue weighted by atomic mass is 19.1. The van der Waals surface area contributed by atoms with E-state index in [9.17, 15) is 9.18 Å². The molecule has 0 aliphatic heterocycles. The molecule has 0 radical (unpaired) electrons. The van der Waals surface area contributed by atoms with Gasteiger partial charge in [-0.05, 0) is 12.5 Å². The number of pyridine rings is 1. The highest BCUT2D eigenvalue weighted by molar-refractivity contribution is 5.76. The first kappa shape index (κ1) is 6.86. The standard InChI is InChI=1S/C7H6FNO/c1-5-3-9-7(8)2-6(5)4-10/h2-4H,1H3. The van der Waals surface area contributed by atoms with Crippen LogP contribution in [-0.4, -0.2) is 11.3 Å². The van der Waals surface area contributed by atoms with Crippen molar-refractivity contribution in [3.63, 3.8) is 0 Å². The molecule has 0 atom stereocenters. The Morgan fingerprint density at radius 1 is 1.70 bits per heavy atom. The lowest BCUT2D eigenvalue weighted by molar-refractivity contribution is 0.112. The van der Waals surface area contributed by atoms with Gasteiger partial charge in [0.15, 0.2) is 6.29 Å². The number of carbonyl (C=O) groups is 1. The second-order valence-corrected chi connectivity index (χ2v) is 1.98. The van der Waals surface area contributed by atoms with E-state index < -0.39 is 5.95 Å². The van der Waals surface area contributed by atoms with Crippen molar-refractivity contribution in [3.05, 3.63) is 29.3 Å². The second-order valence-electron chi connectivity index (χ2n) is 1.98. The number of halogens is 1. The number of hydrogen-bond acceptors (Lipinski definition) is 2. The van der Waals surface area contributed by atoms with Crippen LogP contribution in [0.15, 0.2) is 12.3 Å². The minimum atomic E-state index is -0.618. The SMILES string of the molecule is Cc1cnc(F)cc1C=O. The maximum absolute atomic E-state index is 12.3. The summed E-state index contributed by atoms with van der Waals surface area (Å²) in [5.74, 6) is -0.618. The molecule has 52 valence electrons. The quantitative estimate of drug-likeness (QED) is 0.434. The molecule has 0 spiro atoms. The van der Waals surface area contributed by atoms with Crippen LogP contribution < -0.4 is 0 Å². The first-order valence-electron chi connectivity index (χ1n) is 2.81. The molecule has 0 unspecified atom stereocenters. The number of aromatic nitrogens is 1. The molecular formula is C7H6FNO. The van der Waals surface area contributed by atoms with E-state index in [1.165, 1.54) is 6.20 Å². The lowest BCUT2D eigenvalue weighted by Crippen LogP contribution is -1.90. The fourth-order valence-corrected chi connectivity index (χ4v) is 0.639. The average Bonchev–Trinajstić information content (AvgIpc) is 1.94. The van der Waals surface area contributed by atoms with E-state index in [-0.39, 0.29) is 0 Å². The topological polar surface area (TPSA) is 30.0 Å². The van der Waals surface area contributed by atoms with Gasteiger partial charge in [-0.2, -0.15) is 4.39 Å². The van der Waals surface area contributed by atoms with Crippen LogP contribution in [0.3, 0.4) is 0 Å². The molecule has 0 saturated heterocycles. The third-order valence-electron chi connectivity index (χ3n) is 1.24. The van der Waals surface area contributed by atoms with Crippen LogP contribution in [-0.2, 0) is 0 Å². The van der Waals surface area contributed by atoms with Gasteiger partial charge in [-0.25, -0.2) is 4.98 Å². The van der Waals surface area contributed by atoms with Crippen LogP contribution in [0.25, 0.3) is 0 Å². The number of carbonyl (C=O) groups excluding carboxylic acids is 1. The van der Waals surface area contributed by atoms with Gasteiger partial charge in [0.2, 0.25) is 5.95 Å². The van der Waals surface area contributed by atoms with Crippen molar-refractivity contribution in [1.29, 1.82) is 0 Å². The molecule has 0 bridgehead atoms. The summed E-state index contributed by atoms with van der Waals surface area (Å²) in [5.41, 5.74) is 1.05. The molecule has 1 aromatic heterocycles. The van der Waals surface area contributed by atoms with Crippen molar-refractivity contribution >= 4 is 6.29 Å². The van der Waals surface area contributed by atoms with Gasteiger partial charge < -0.3 is 0 Å². The van der Waals surface area contributed by atoms with Crippen molar-refractivity contribution in [2.45, 2.75) is 6.92 Å². The molecule has 10 heavy (non-hydrogen) atoms. The van der Waals surface area contributed by atoms with Crippen LogP contribution in [0, 0.1) is 12.9 Å². The van der Waals surface area contributed by atoms with Crippen molar-refractivity contribution in [2.75, 3.05) is 0 Å². The number of rotatable bonds is 1. The maximum Gasteiger partial charge on any atom is 0.213 e. The summed E-state index contributed by atoms with van der Waals surface area (Å²) in [5, 5.41) is 0. The molecule has 0 N–H and O–H groups in total. The number of aldehydes is 1. The normalized spacial score (nSPS) is 9.40. The molecule has 3 heteroatoms. The van der Waals surface area contributed by atoms with E-state index in [1.807, 2.05) is 0 Å². The fourth-order valence-electron chi connectivity index (χ4n) is 0.639. The first-order chi connectivity index (χ1) is 4.74. The smallest absolute Gasteiger partial charge is 0.213 e. The Bertz CT molecular complexity index is 260. The van der Waals surface area contributed by atoms with Gasteiger partial charge in [-0.1, -0.05) is 0 Å². The molecule has 0 amide bonds. The monoisotopic (exact) mass is 139 g/mol. The Kier molecular flexibility index (Phi) is 1.76. The van der Waals surface area contributed by atoms with Gasteiger partial charge in [-0.15, -0.1) is 0 Å². The van der Waals surface area contributed by atoms with Crippen molar-refractivity contribution in [3.8, 4) is 0 Å². The molecule has 2 nitrogen and oxygen atoms in total. The maximum atomic E-state index is 12.3. The second kappa shape index (κ2) is 2.56. The zero-order valence-corrected chi connectivity index (χ0v) is 5.47. The molecule has 0 aliphatic carbocycles. The summed E-state index contributed by atoms with van der Waals surface area (Å²) in [6.07, 6.45) is 1.94. The van der Waals surface area contributed by atoms with E-state index in [1.54, 1.807) is 6.92 Å². The zero-order chi connectivity index (χ0) is 7.56. The van der Waals surface area contributed by atoms with Crippen molar-refractivity contribution in [2.24, 2.45) is 0 Å². The third kappa shape index (κ3) is 1.18. The van der Waals surface area contributed by atoms with E-state index in [0.717, 1.165) is 6.07 Å². The van der Waals surface area contributed by atoms with Gasteiger partial charge in [0.1, 0.15) is 0 Å². The minimum Gasteiger partial charge on any atom is -0.298 e. The number of aryl methyl sites for hydroxylation is 1. The molecule has 0 aromatic carbocycles. The molecule has 0 aliphatic rings. The van der Waals surface area contributed by atoms with Crippen LogP contribution >= 0.6 is 0 Å². The summed E-state index contributed by atoms with van der Waals surface area (Å²) in [7, 11) is 0. The first-order valence-corrected chi connectivity index (χ1v) is 2.81. The lowest BCUT2D eigenvalue weighted by Gasteiger charge is -1.94. The summed E-state index contributed by atoms with van der Waals surface area (Å²) in [6.45, 7) is 1.70.